The first kappa shape index (κ1) is 17.2. The van der Waals surface area contributed by atoms with Crippen LogP contribution in [0.1, 0.15) is 30.8 Å². The summed E-state index contributed by atoms with van der Waals surface area (Å²) in [5.74, 6) is -2.36. The van der Waals surface area contributed by atoms with Crippen LogP contribution in [-0.4, -0.2) is 35.5 Å². The summed E-state index contributed by atoms with van der Waals surface area (Å²) in [6.45, 7) is 3.25. The van der Waals surface area contributed by atoms with Crippen LogP contribution in [0.2, 0.25) is 0 Å². The largest absolute Gasteiger partial charge is 0.480 e. The Balaban J connectivity index is 2.49. The summed E-state index contributed by atoms with van der Waals surface area (Å²) in [4.78, 5) is 34.4. The van der Waals surface area contributed by atoms with E-state index in [0.29, 0.717) is 11.1 Å². The Morgan fingerprint density at radius 3 is 2.52 bits per heavy atom. The molecule has 0 aliphatic heterocycles. The molecule has 2 amide bonds. The molecule has 116 valence electrons. The van der Waals surface area contributed by atoms with E-state index < -0.39 is 23.8 Å². The molecule has 0 spiro atoms. The van der Waals surface area contributed by atoms with Gasteiger partial charge in [-0.2, -0.15) is 0 Å². The van der Waals surface area contributed by atoms with Gasteiger partial charge in [-0.05, 0) is 34.0 Å². The molecule has 8 heteroatoms. The molecule has 0 aliphatic carbocycles. The minimum absolute atomic E-state index is 0.0615. The first-order chi connectivity index (χ1) is 9.85. The van der Waals surface area contributed by atoms with Gasteiger partial charge in [-0.1, -0.05) is 20.3 Å². The molecule has 21 heavy (non-hydrogen) atoms. The van der Waals surface area contributed by atoms with Crippen molar-refractivity contribution < 1.29 is 23.9 Å². The fourth-order valence-corrected chi connectivity index (χ4v) is 1.90. The lowest BCUT2D eigenvalue weighted by Crippen LogP contribution is -2.48. The van der Waals surface area contributed by atoms with Crippen LogP contribution in [0.4, 0.5) is 0 Å². The lowest BCUT2D eigenvalue weighted by Gasteiger charge is -2.20. The van der Waals surface area contributed by atoms with Crippen LogP contribution in [-0.2, 0) is 9.59 Å². The minimum Gasteiger partial charge on any atom is -0.480 e. The number of amides is 2. The Morgan fingerprint density at radius 1 is 1.38 bits per heavy atom. The third kappa shape index (κ3) is 5.22. The maximum atomic E-state index is 11.7. The molecule has 0 fully saturated rings. The number of halogens is 1. The molecule has 0 saturated carbocycles. The molecule has 1 aromatic rings. The molecule has 2 atom stereocenters. The number of carboxylic acids is 1. The summed E-state index contributed by atoms with van der Waals surface area (Å²) in [7, 11) is 0. The molecule has 0 unspecified atom stereocenters. The highest BCUT2D eigenvalue weighted by atomic mass is 79.9. The van der Waals surface area contributed by atoms with Gasteiger partial charge in [0.15, 0.2) is 10.4 Å². The zero-order valence-corrected chi connectivity index (χ0v) is 13.3. The Labute approximate surface area is 130 Å². The van der Waals surface area contributed by atoms with E-state index in [9.17, 15) is 14.4 Å². The van der Waals surface area contributed by atoms with Crippen LogP contribution in [0.25, 0.3) is 0 Å². The van der Waals surface area contributed by atoms with E-state index in [1.54, 1.807) is 13.0 Å². The van der Waals surface area contributed by atoms with E-state index in [1.807, 2.05) is 6.92 Å². The van der Waals surface area contributed by atoms with E-state index in [4.69, 9.17) is 9.52 Å². The third-order valence-corrected chi connectivity index (χ3v) is 3.43. The van der Waals surface area contributed by atoms with E-state index in [1.165, 1.54) is 6.07 Å². The van der Waals surface area contributed by atoms with Crippen molar-refractivity contribution in [3.8, 4) is 0 Å². The number of hydrogen-bond donors (Lipinski definition) is 3. The normalized spacial score (nSPS) is 13.3. The average molecular weight is 361 g/mol. The molecule has 7 nitrogen and oxygen atoms in total. The Morgan fingerprint density at radius 2 is 2.05 bits per heavy atom. The van der Waals surface area contributed by atoms with Gasteiger partial charge in [0.2, 0.25) is 5.91 Å². The number of aliphatic carboxylic acids is 1. The zero-order valence-electron chi connectivity index (χ0n) is 11.7. The summed E-state index contributed by atoms with van der Waals surface area (Å²) in [6, 6.07) is 2.03. The summed E-state index contributed by atoms with van der Waals surface area (Å²) in [5.41, 5.74) is 0. The van der Waals surface area contributed by atoms with Crippen molar-refractivity contribution in [3.05, 3.63) is 22.6 Å². The highest BCUT2D eigenvalue weighted by Crippen LogP contribution is 2.13. The predicted molar refractivity (Wildman–Crippen MR) is 77.8 cm³/mol. The van der Waals surface area contributed by atoms with E-state index in [0.717, 1.165) is 0 Å². The molecular weight excluding hydrogens is 344 g/mol. The highest BCUT2D eigenvalue weighted by molar-refractivity contribution is 9.10. The van der Waals surface area contributed by atoms with Gasteiger partial charge in [0.25, 0.3) is 5.91 Å². The number of furan rings is 1. The second-order valence-corrected chi connectivity index (χ2v) is 5.34. The van der Waals surface area contributed by atoms with Crippen molar-refractivity contribution >= 4 is 33.7 Å². The van der Waals surface area contributed by atoms with Crippen LogP contribution in [0, 0.1) is 5.92 Å². The molecule has 1 heterocycles. The second-order valence-electron chi connectivity index (χ2n) is 4.56. The maximum absolute atomic E-state index is 11.7. The lowest BCUT2D eigenvalue weighted by atomic mass is 9.99. The van der Waals surface area contributed by atoms with E-state index >= 15 is 0 Å². The number of nitrogens with one attached hydrogen (secondary N) is 2. The third-order valence-electron chi connectivity index (χ3n) is 3.00. The van der Waals surface area contributed by atoms with Crippen LogP contribution in [0.15, 0.2) is 21.2 Å². The van der Waals surface area contributed by atoms with Gasteiger partial charge < -0.3 is 20.2 Å². The van der Waals surface area contributed by atoms with Crippen molar-refractivity contribution in [2.45, 2.75) is 26.3 Å². The standard InChI is InChI=1S/C13H17BrN2O5/c1-3-7(2)11(13(19)20)16-10(17)6-15-12(18)8-4-5-9(14)21-8/h4-5,7,11H,3,6H2,1-2H3,(H,15,18)(H,16,17)(H,19,20)/t7-,11-/m0/s1. The summed E-state index contributed by atoms with van der Waals surface area (Å²) in [5, 5.41) is 13.8. The van der Waals surface area contributed by atoms with Crippen LogP contribution >= 0.6 is 15.9 Å². The number of carbonyl (C=O) groups is 3. The van der Waals surface area contributed by atoms with Gasteiger partial charge in [0, 0.05) is 0 Å². The second kappa shape index (κ2) is 7.82. The van der Waals surface area contributed by atoms with Crippen LogP contribution in [0.5, 0.6) is 0 Å². The minimum atomic E-state index is -1.10. The number of rotatable bonds is 7. The molecule has 1 rings (SSSR count). The average Bonchev–Trinajstić information content (AvgIpc) is 2.87. The maximum Gasteiger partial charge on any atom is 0.326 e. The van der Waals surface area contributed by atoms with E-state index in [-0.39, 0.29) is 18.2 Å². The highest BCUT2D eigenvalue weighted by Gasteiger charge is 2.25. The van der Waals surface area contributed by atoms with Gasteiger partial charge >= 0.3 is 5.97 Å². The lowest BCUT2D eigenvalue weighted by molar-refractivity contribution is -0.143. The first-order valence-corrected chi connectivity index (χ1v) is 7.20. The summed E-state index contributed by atoms with van der Waals surface area (Å²) in [6.07, 6.45) is 0.615. The molecule has 3 N–H and O–H groups in total. The first-order valence-electron chi connectivity index (χ1n) is 6.40. The van der Waals surface area contributed by atoms with Crippen LogP contribution < -0.4 is 10.6 Å². The molecule has 0 bridgehead atoms. The SMILES string of the molecule is CC[C@H](C)[C@H](NC(=O)CNC(=O)c1ccc(Br)o1)C(=O)O. The molecule has 0 saturated heterocycles. The Kier molecular flexibility index (Phi) is 6.41. The zero-order chi connectivity index (χ0) is 16.0. The van der Waals surface area contributed by atoms with Gasteiger partial charge in [-0.15, -0.1) is 0 Å². The van der Waals surface area contributed by atoms with E-state index in [2.05, 4.69) is 26.6 Å². The Bertz CT molecular complexity index is 528. The Hall–Kier alpha value is -1.83. The van der Waals surface area contributed by atoms with Crippen molar-refractivity contribution in [3.63, 3.8) is 0 Å². The topological polar surface area (TPSA) is 109 Å². The molecule has 0 aliphatic rings. The molecule has 0 radical (unpaired) electrons. The fraction of sp³-hybridized carbons (Fsp3) is 0.462. The summed E-state index contributed by atoms with van der Waals surface area (Å²) >= 11 is 3.06. The van der Waals surface area contributed by atoms with Crippen molar-refractivity contribution in [2.24, 2.45) is 5.92 Å². The molecule has 1 aromatic heterocycles. The summed E-state index contributed by atoms with van der Waals surface area (Å²) < 4.78 is 5.43. The van der Waals surface area contributed by atoms with Gasteiger partial charge in [0.1, 0.15) is 6.04 Å². The number of hydrogen-bond acceptors (Lipinski definition) is 4. The quantitative estimate of drug-likeness (QED) is 0.680. The van der Waals surface area contributed by atoms with Crippen molar-refractivity contribution in [1.29, 1.82) is 0 Å². The van der Waals surface area contributed by atoms with Gasteiger partial charge in [0.05, 0.1) is 6.54 Å². The monoisotopic (exact) mass is 360 g/mol. The van der Waals surface area contributed by atoms with Crippen molar-refractivity contribution in [2.75, 3.05) is 6.54 Å². The van der Waals surface area contributed by atoms with Gasteiger partial charge in [-0.25, -0.2) is 4.79 Å². The van der Waals surface area contributed by atoms with Crippen LogP contribution in [0.3, 0.4) is 0 Å². The molecular formula is C13H17BrN2O5. The predicted octanol–water partition coefficient (Wildman–Crippen LogP) is 1.39. The number of carbonyl (C=O) groups excluding carboxylic acids is 2. The smallest absolute Gasteiger partial charge is 0.326 e. The molecule has 0 aromatic carbocycles. The van der Waals surface area contributed by atoms with Crippen molar-refractivity contribution in [1.82, 2.24) is 10.6 Å². The van der Waals surface area contributed by atoms with Gasteiger partial charge in [-0.3, -0.25) is 9.59 Å². The fourth-order valence-electron chi connectivity index (χ4n) is 1.59. The number of carboxylic acid groups (broad SMARTS) is 1.